The third kappa shape index (κ3) is 2.44. The largest absolute Gasteiger partial charge is 0.512 e. The van der Waals surface area contributed by atoms with Crippen molar-refractivity contribution in [1.82, 2.24) is 4.98 Å². The summed E-state index contributed by atoms with van der Waals surface area (Å²) in [6.45, 7) is 2.59. The van der Waals surface area contributed by atoms with Crippen molar-refractivity contribution in [3.63, 3.8) is 0 Å². The zero-order valence-corrected chi connectivity index (χ0v) is 8.78. The van der Waals surface area contributed by atoms with Gasteiger partial charge in [-0.3, -0.25) is 0 Å². The maximum absolute atomic E-state index is 12.8. The van der Waals surface area contributed by atoms with E-state index < -0.39 is 18.0 Å². The highest BCUT2D eigenvalue weighted by Crippen LogP contribution is 2.34. The zero-order valence-electron chi connectivity index (χ0n) is 8.78. The third-order valence-corrected chi connectivity index (χ3v) is 2.19. The third-order valence-electron chi connectivity index (χ3n) is 2.19. The Bertz CT molecular complexity index is 393. The molecular weight excluding hydrogens is 220 g/mol. The van der Waals surface area contributed by atoms with Gasteiger partial charge in [-0.15, -0.1) is 0 Å². The highest BCUT2D eigenvalue weighted by atomic mass is 19.3. The van der Waals surface area contributed by atoms with E-state index in [2.05, 4.69) is 9.72 Å². The van der Waals surface area contributed by atoms with E-state index in [0.717, 1.165) is 0 Å². The smallest absolute Gasteiger partial charge is 0.449 e. The molecule has 6 heteroatoms. The molecule has 0 saturated carbocycles. The van der Waals surface area contributed by atoms with Gasteiger partial charge in [-0.1, -0.05) is 19.9 Å². The van der Waals surface area contributed by atoms with Crippen molar-refractivity contribution in [3.05, 3.63) is 23.9 Å². The van der Waals surface area contributed by atoms with Crippen LogP contribution in [0.2, 0.25) is 0 Å². The molecule has 0 aliphatic rings. The van der Waals surface area contributed by atoms with E-state index in [1.165, 1.54) is 32.2 Å². The summed E-state index contributed by atoms with van der Waals surface area (Å²) in [4.78, 5) is 14.0. The second kappa shape index (κ2) is 4.42. The predicted molar refractivity (Wildman–Crippen MR) is 51.9 cm³/mol. The summed E-state index contributed by atoms with van der Waals surface area (Å²) < 4.78 is 29.9. The summed E-state index contributed by atoms with van der Waals surface area (Å²) in [5, 5.41) is 8.45. The molecule has 0 radical (unpaired) electrons. The highest BCUT2D eigenvalue weighted by Gasteiger charge is 2.35. The molecule has 0 amide bonds. The lowest BCUT2D eigenvalue weighted by molar-refractivity contribution is 0.0667. The quantitative estimate of drug-likeness (QED) is 0.812. The number of carboxylic acid groups (broad SMARTS) is 1. The summed E-state index contributed by atoms with van der Waals surface area (Å²) in [5.41, 5.74) is -1.45. The number of halogens is 2. The topological polar surface area (TPSA) is 59.4 Å². The number of ether oxygens (including phenoxy) is 1. The molecular formula is C10H11F2NO3. The molecule has 0 fully saturated rings. The Hall–Kier alpha value is -1.72. The van der Waals surface area contributed by atoms with Crippen LogP contribution in [0.3, 0.4) is 0 Å². The fourth-order valence-electron chi connectivity index (χ4n) is 1.16. The average molecular weight is 231 g/mol. The van der Waals surface area contributed by atoms with Gasteiger partial charge in [0.1, 0.15) is 0 Å². The molecule has 0 unspecified atom stereocenters. The van der Waals surface area contributed by atoms with Gasteiger partial charge >= 0.3 is 6.16 Å². The van der Waals surface area contributed by atoms with Crippen molar-refractivity contribution in [2.24, 2.45) is 0 Å². The van der Waals surface area contributed by atoms with Gasteiger partial charge in [-0.2, -0.15) is 0 Å². The summed E-state index contributed by atoms with van der Waals surface area (Å²) in [5.74, 6) is -0.305. The molecule has 0 aliphatic carbocycles. The first-order valence-corrected chi connectivity index (χ1v) is 4.50. The van der Waals surface area contributed by atoms with Crippen molar-refractivity contribution in [2.45, 2.75) is 25.7 Å². The molecule has 0 spiro atoms. The van der Waals surface area contributed by atoms with E-state index in [4.69, 9.17) is 5.11 Å². The van der Waals surface area contributed by atoms with Crippen LogP contribution < -0.4 is 4.74 Å². The molecule has 0 saturated heterocycles. The molecule has 1 rings (SSSR count). The Morgan fingerprint density at radius 3 is 2.69 bits per heavy atom. The molecule has 1 N–H and O–H groups in total. The predicted octanol–water partition coefficient (Wildman–Crippen LogP) is 2.68. The fraction of sp³-hybridized carbons (Fsp3) is 0.400. The number of pyridine rings is 1. The maximum atomic E-state index is 12.8. The maximum Gasteiger partial charge on any atom is 0.512 e. The minimum absolute atomic E-state index is 0.0624. The van der Waals surface area contributed by atoms with Gasteiger partial charge < -0.3 is 9.84 Å². The minimum atomic E-state index is -2.65. The average Bonchev–Trinajstić information content (AvgIpc) is 2.17. The lowest BCUT2D eigenvalue weighted by Crippen LogP contribution is -2.28. The summed E-state index contributed by atoms with van der Waals surface area (Å²) in [7, 11) is 0. The van der Waals surface area contributed by atoms with Crippen molar-refractivity contribution in [2.75, 3.05) is 0 Å². The van der Waals surface area contributed by atoms with E-state index >= 15 is 0 Å². The number of nitrogens with zero attached hydrogens (tertiary/aromatic N) is 1. The van der Waals surface area contributed by atoms with Crippen molar-refractivity contribution >= 4 is 6.16 Å². The van der Waals surface area contributed by atoms with Crippen molar-refractivity contribution in [3.8, 4) is 5.88 Å². The SMILES string of the molecule is CC(C)(c1cccnc1OC(=O)O)C(F)F. The Morgan fingerprint density at radius 1 is 1.56 bits per heavy atom. The Balaban J connectivity index is 3.17. The monoisotopic (exact) mass is 231 g/mol. The van der Waals surface area contributed by atoms with Crippen molar-refractivity contribution in [1.29, 1.82) is 0 Å². The van der Waals surface area contributed by atoms with Gasteiger partial charge in [0.2, 0.25) is 12.3 Å². The molecule has 16 heavy (non-hydrogen) atoms. The Morgan fingerprint density at radius 2 is 2.19 bits per heavy atom. The normalized spacial score (nSPS) is 11.6. The van der Waals surface area contributed by atoms with E-state index in [1.807, 2.05) is 0 Å². The number of aromatic nitrogens is 1. The van der Waals surface area contributed by atoms with Gasteiger partial charge in [0.15, 0.2) is 0 Å². The molecule has 0 atom stereocenters. The van der Waals surface area contributed by atoms with Gasteiger partial charge in [0.25, 0.3) is 0 Å². The molecule has 0 aromatic carbocycles. The van der Waals surface area contributed by atoms with Gasteiger partial charge in [0.05, 0.1) is 5.41 Å². The Labute approximate surface area is 90.9 Å². The van der Waals surface area contributed by atoms with E-state index in [1.54, 1.807) is 0 Å². The lowest BCUT2D eigenvalue weighted by Gasteiger charge is -2.24. The van der Waals surface area contributed by atoms with Gasteiger partial charge in [-0.25, -0.2) is 18.6 Å². The fourth-order valence-corrected chi connectivity index (χ4v) is 1.16. The highest BCUT2D eigenvalue weighted by molar-refractivity contribution is 5.61. The van der Waals surface area contributed by atoms with Crippen LogP contribution in [0.4, 0.5) is 13.6 Å². The molecule has 1 heterocycles. The number of alkyl halides is 2. The van der Waals surface area contributed by atoms with Crippen LogP contribution >= 0.6 is 0 Å². The molecule has 1 aromatic heterocycles. The number of rotatable bonds is 3. The van der Waals surface area contributed by atoms with Crippen LogP contribution in [0.15, 0.2) is 18.3 Å². The number of hydrogen-bond donors (Lipinski definition) is 1. The van der Waals surface area contributed by atoms with Gasteiger partial charge in [-0.05, 0) is 6.07 Å². The molecule has 1 aromatic rings. The standard InChI is InChI=1S/C10H11F2NO3/c1-10(2,8(11)12)6-4-3-5-13-7(6)16-9(14)15/h3-5,8H,1-2H3,(H,14,15). The lowest BCUT2D eigenvalue weighted by atomic mass is 9.86. The summed E-state index contributed by atoms with van der Waals surface area (Å²) in [6.07, 6.45) is -2.94. The van der Waals surface area contributed by atoms with Crippen molar-refractivity contribution < 1.29 is 23.4 Å². The van der Waals surface area contributed by atoms with Gasteiger partial charge in [0, 0.05) is 11.8 Å². The first kappa shape index (κ1) is 12.4. The molecule has 0 bridgehead atoms. The van der Waals surface area contributed by atoms with E-state index in [0.29, 0.717) is 0 Å². The van der Waals surface area contributed by atoms with E-state index in [9.17, 15) is 13.6 Å². The first-order valence-electron chi connectivity index (χ1n) is 4.50. The summed E-state index contributed by atoms with van der Waals surface area (Å²) >= 11 is 0. The second-order valence-corrected chi connectivity index (χ2v) is 3.75. The molecule has 88 valence electrons. The molecule has 0 aliphatic heterocycles. The van der Waals surface area contributed by atoms with Crippen LogP contribution in [0.25, 0.3) is 0 Å². The Kier molecular flexibility index (Phi) is 3.41. The molecule has 4 nitrogen and oxygen atoms in total. The minimum Gasteiger partial charge on any atom is -0.449 e. The number of hydrogen-bond acceptors (Lipinski definition) is 3. The van der Waals surface area contributed by atoms with Crippen LogP contribution in [0.1, 0.15) is 19.4 Å². The zero-order chi connectivity index (χ0) is 12.3. The second-order valence-electron chi connectivity index (χ2n) is 3.75. The first-order chi connectivity index (χ1) is 7.35. The van der Waals surface area contributed by atoms with Crippen LogP contribution in [-0.4, -0.2) is 22.7 Å². The summed E-state index contributed by atoms with van der Waals surface area (Å²) in [6, 6.07) is 2.83. The number of carbonyl (C=O) groups is 1. The van der Waals surface area contributed by atoms with Crippen LogP contribution in [0, 0.1) is 0 Å². The van der Waals surface area contributed by atoms with Crippen LogP contribution in [0.5, 0.6) is 5.88 Å². The van der Waals surface area contributed by atoms with E-state index in [-0.39, 0.29) is 11.4 Å². The van der Waals surface area contributed by atoms with Crippen LogP contribution in [-0.2, 0) is 5.41 Å².